The van der Waals surface area contributed by atoms with E-state index in [0.717, 1.165) is 15.2 Å². The molecule has 0 unspecified atom stereocenters. The molecule has 0 aliphatic rings. The van der Waals surface area contributed by atoms with Gasteiger partial charge in [-0.2, -0.15) is 0 Å². The van der Waals surface area contributed by atoms with E-state index in [9.17, 15) is 9.59 Å². The minimum atomic E-state index is -0.545. The molecule has 7 heteroatoms. The van der Waals surface area contributed by atoms with Gasteiger partial charge in [0.25, 0.3) is 5.91 Å². The molecule has 6 nitrogen and oxygen atoms in total. The molecule has 2 amide bonds. The first-order chi connectivity index (χ1) is 12.2. The zero-order valence-electron chi connectivity index (χ0n) is 15.1. The van der Waals surface area contributed by atoms with Gasteiger partial charge in [-0.05, 0) is 55.8 Å². The van der Waals surface area contributed by atoms with Crippen molar-refractivity contribution in [2.75, 3.05) is 19.7 Å². The first kappa shape index (κ1) is 20.0. The molecule has 0 aliphatic carbocycles. The van der Waals surface area contributed by atoms with Crippen LogP contribution in [0.5, 0.6) is 5.75 Å². The van der Waals surface area contributed by atoms with Gasteiger partial charge in [0.15, 0.2) is 6.61 Å². The van der Waals surface area contributed by atoms with Crippen LogP contribution in [-0.2, 0) is 9.53 Å². The highest BCUT2D eigenvalue weighted by Crippen LogP contribution is 2.24. The van der Waals surface area contributed by atoms with E-state index in [-0.39, 0.29) is 19.1 Å². The van der Waals surface area contributed by atoms with Gasteiger partial charge in [-0.1, -0.05) is 28.1 Å². The highest BCUT2D eigenvalue weighted by atomic mass is 79.9. The Morgan fingerprint density at radius 3 is 2.38 bits per heavy atom. The Kier molecular flexibility index (Phi) is 6.85. The quantitative estimate of drug-likeness (QED) is 0.696. The van der Waals surface area contributed by atoms with Gasteiger partial charge in [-0.25, -0.2) is 4.79 Å². The van der Waals surface area contributed by atoms with Crippen LogP contribution >= 0.6 is 15.9 Å². The lowest BCUT2D eigenvalue weighted by Crippen LogP contribution is -2.39. The third-order valence-corrected chi connectivity index (χ3v) is 3.75. The number of nitrogens with one attached hydrogen (secondary N) is 2. The summed E-state index contributed by atoms with van der Waals surface area (Å²) in [5.41, 5.74) is -0.545. The summed E-state index contributed by atoms with van der Waals surface area (Å²) in [4.78, 5) is 23.3. The number of carbonyl (C=O) groups excluding carboxylic acids is 2. The Bertz CT molecular complexity index is 787. The summed E-state index contributed by atoms with van der Waals surface area (Å²) in [7, 11) is 0. The smallest absolute Gasteiger partial charge is 0.407 e. The lowest BCUT2D eigenvalue weighted by atomic mass is 10.1. The molecule has 0 fully saturated rings. The van der Waals surface area contributed by atoms with Crippen LogP contribution in [0.25, 0.3) is 10.8 Å². The number of halogens is 1. The van der Waals surface area contributed by atoms with Gasteiger partial charge in [0, 0.05) is 17.6 Å². The third-order valence-electron chi connectivity index (χ3n) is 3.26. The zero-order valence-corrected chi connectivity index (χ0v) is 16.7. The van der Waals surface area contributed by atoms with Gasteiger partial charge >= 0.3 is 6.09 Å². The average Bonchev–Trinajstić information content (AvgIpc) is 2.55. The van der Waals surface area contributed by atoms with Crippen LogP contribution in [0.2, 0.25) is 0 Å². The summed E-state index contributed by atoms with van der Waals surface area (Å²) in [5, 5.41) is 7.37. The van der Waals surface area contributed by atoms with Gasteiger partial charge < -0.3 is 20.1 Å². The number of hydrogen-bond acceptors (Lipinski definition) is 4. The van der Waals surface area contributed by atoms with E-state index in [0.29, 0.717) is 12.3 Å². The van der Waals surface area contributed by atoms with Crippen molar-refractivity contribution in [3.63, 3.8) is 0 Å². The molecule has 0 heterocycles. The zero-order chi connectivity index (χ0) is 19.2. The molecule has 2 aromatic rings. The summed E-state index contributed by atoms with van der Waals surface area (Å²) in [6, 6.07) is 11.6. The maximum absolute atomic E-state index is 11.8. The lowest BCUT2D eigenvalue weighted by molar-refractivity contribution is -0.123. The van der Waals surface area contributed by atoms with Crippen molar-refractivity contribution < 1.29 is 19.1 Å². The average molecular weight is 423 g/mol. The predicted molar refractivity (Wildman–Crippen MR) is 104 cm³/mol. The molecule has 0 aliphatic heterocycles. The van der Waals surface area contributed by atoms with Crippen LogP contribution in [0.15, 0.2) is 40.9 Å². The number of amides is 2. The topological polar surface area (TPSA) is 76.7 Å². The summed E-state index contributed by atoms with van der Waals surface area (Å²) < 4.78 is 11.6. The Hall–Kier alpha value is -2.28. The molecule has 0 atom stereocenters. The van der Waals surface area contributed by atoms with Crippen LogP contribution in [0.1, 0.15) is 20.8 Å². The third kappa shape index (κ3) is 6.92. The van der Waals surface area contributed by atoms with E-state index in [1.807, 2.05) is 36.4 Å². The largest absolute Gasteiger partial charge is 0.484 e. The molecule has 0 aromatic heterocycles. The van der Waals surface area contributed by atoms with E-state index in [4.69, 9.17) is 9.47 Å². The fourth-order valence-corrected chi connectivity index (χ4v) is 2.54. The minimum Gasteiger partial charge on any atom is -0.484 e. The number of hydrogen-bond donors (Lipinski definition) is 2. The molecule has 2 N–H and O–H groups in total. The fraction of sp³-hybridized carbons (Fsp3) is 0.368. The second-order valence-corrected chi connectivity index (χ2v) is 7.64. The molecule has 0 radical (unpaired) electrons. The maximum atomic E-state index is 11.8. The van der Waals surface area contributed by atoms with Crippen molar-refractivity contribution in [1.29, 1.82) is 0 Å². The van der Waals surface area contributed by atoms with Crippen molar-refractivity contribution >= 4 is 38.7 Å². The molecule has 0 bridgehead atoms. The van der Waals surface area contributed by atoms with Crippen molar-refractivity contribution in [3.8, 4) is 5.75 Å². The van der Waals surface area contributed by atoms with Crippen LogP contribution < -0.4 is 15.4 Å². The second-order valence-electron chi connectivity index (χ2n) is 6.72. The molecular formula is C19H23BrN2O4. The van der Waals surface area contributed by atoms with Crippen LogP contribution in [-0.4, -0.2) is 37.3 Å². The highest BCUT2D eigenvalue weighted by molar-refractivity contribution is 9.10. The summed E-state index contributed by atoms with van der Waals surface area (Å²) >= 11 is 3.44. The molecule has 0 saturated heterocycles. The Morgan fingerprint density at radius 2 is 1.65 bits per heavy atom. The van der Waals surface area contributed by atoms with E-state index < -0.39 is 11.7 Å². The predicted octanol–water partition coefficient (Wildman–Crippen LogP) is 3.62. The van der Waals surface area contributed by atoms with Gasteiger partial charge in [0.05, 0.1) is 0 Å². The number of alkyl carbamates (subject to hydrolysis) is 1. The van der Waals surface area contributed by atoms with E-state index in [1.165, 1.54) is 0 Å². The molecule has 140 valence electrons. The summed E-state index contributed by atoms with van der Waals surface area (Å²) in [6.07, 6.45) is -0.509. The van der Waals surface area contributed by atoms with Crippen molar-refractivity contribution in [2.45, 2.75) is 26.4 Å². The van der Waals surface area contributed by atoms with Crippen molar-refractivity contribution in [1.82, 2.24) is 10.6 Å². The summed E-state index contributed by atoms with van der Waals surface area (Å²) in [6.45, 7) is 5.86. The molecule has 0 spiro atoms. The number of rotatable bonds is 6. The Balaban J connectivity index is 1.70. The monoisotopic (exact) mass is 422 g/mol. The van der Waals surface area contributed by atoms with Crippen molar-refractivity contribution in [2.24, 2.45) is 0 Å². The number of carbonyl (C=O) groups is 2. The van der Waals surface area contributed by atoms with Gasteiger partial charge in [0.2, 0.25) is 0 Å². The number of ether oxygens (including phenoxy) is 2. The van der Waals surface area contributed by atoms with Crippen LogP contribution in [0.4, 0.5) is 4.79 Å². The molecule has 0 saturated carbocycles. The minimum absolute atomic E-state index is 0.0888. The Labute approximate surface area is 161 Å². The van der Waals surface area contributed by atoms with E-state index >= 15 is 0 Å². The highest BCUT2D eigenvalue weighted by Gasteiger charge is 2.15. The molecule has 26 heavy (non-hydrogen) atoms. The molecular weight excluding hydrogens is 400 g/mol. The van der Waals surface area contributed by atoms with E-state index in [1.54, 1.807) is 20.8 Å². The SMILES string of the molecule is CC(C)(C)OC(=O)NCCNC(=O)COc1ccc2cc(Br)ccc2c1. The lowest BCUT2D eigenvalue weighted by Gasteiger charge is -2.19. The summed E-state index contributed by atoms with van der Waals surface area (Å²) in [5.74, 6) is 0.369. The van der Waals surface area contributed by atoms with Crippen LogP contribution in [0, 0.1) is 0 Å². The first-order valence-electron chi connectivity index (χ1n) is 8.29. The number of benzene rings is 2. The molecule has 2 rings (SSSR count). The van der Waals surface area contributed by atoms with Gasteiger partial charge in [0.1, 0.15) is 11.4 Å². The van der Waals surface area contributed by atoms with Crippen LogP contribution in [0.3, 0.4) is 0 Å². The second kappa shape index (κ2) is 8.89. The van der Waals surface area contributed by atoms with Gasteiger partial charge in [-0.15, -0.1) is 0 Å². The van der Waals surface area contributed by atoms with Crippen molar-refractivity contribution in [3.05, 3.63) is 40.9 Å². The number of fused-ring (bicyclic) bond motifs is 1. The molecule has 2 aromatic carbocycles. The maximum Gasteiger partial charge on any atom is 0.407 e. The van der Waals surface area contributed by atoms with E-state index in [2.05, 4.69) is 26.6 Å². The Morgan fingerprint density at radius 1 is 1.00 bits per heavy atom. The van der Waals surface area contributed by atoms with Gasteiger partial charge in [-0.3, -0.25) is 4.79 Å². The standard InChI is InChI=1S/C19H23BrN2O4/c1-19(2,3)26-18(24)22-9-8-21-17(23)12-25-16-7-5-13-10-15(20)6-4-14(13)11-16/h4-7,10-11H,8-9,12H2,1-3H3,(H,21,23)(H,22,24). The fourth-order valence-electron chi connectivity index (χ4n) is 2.17. The first-order valence-corrected chi connectivity index (χ1v) is 9.08. The normalized spacial score (nSPS) is 11.1.